The average Bonchev–Trinajstić information content (AvgIpc) is 2.65. The number of urea groups is 1. The van der Waals surface area contributed by atoms with Crippen LogP contribution in [0.1, 0.15) is 24.2 Å². The maximum atomic E-state index is 12.5. The molecule has 0 aliphatic carbocycles. The minimum absolute atomic E-state index is 0.263. The average molecular weight is 357 g/mol. The predicted molar refractivity (Wildman–Crippen MR) is 101 cm³/mol. The SMILES string of the molecule is CCOc1ccc(C(=O)Nc2ccc(NC(=O)NC)cc2)cc1OCC. The van der Waals surface area contributed by atoms with Crippen LogP contribution >= 0.6 is 0 Å². The lowest BCUT2D eigenvalue weighted by Gasteiger charge is -2.12. The van der Waals surface area contributed by atoms with Gasteiger partial charge in [-0.05, 0) is 56.3 Å². The molecule has 26 heavy (non-hydrogen) atoms. The minimum atomic E-state index is -0.306. The molecule has 0 saturated heterocycles. The smallest absolute Gasteiger partial charge is 0.318 e. The Hall–Kier alpha value is -3.22. The molecule has 2 rings (SSSR count). The van der Waals surface area contributed by atoms with Crippen molar-refractivity contribution in [3.05, 3.63) is 48.0 Å². The Morgan fingerprint density at radius 2 is 1.42 bits per heavy atom. The van der Waals surface area contributed by atoms with Crippen LogP contribution in [-0.4, -0.2) is 32.2 Å². The lowest BCUT2D eigenvalue weighted by Crippen LogP contribution is -2.24. The second kappa shape index (κ2) is 9.31. The normalized spacial score (nSPS) is 9.96. The zero-order chi connectivity index (χ0) is 18.9. The maximum Gasteiger partial charge on any atom is 0.318 e. The van der Waals surface area contributed by atoms with Gasteiger partial charge in [-0.1, -0.05) is 0 Å². The molecule has 0 aromatic heterocycles. The molecule has 3 amide bonds. The number of carbonyl (C=O) groups excluding carboxylic acids is 2. The Kier molecular flexibility index (Phi) is 6.84. The zero-order valence-electron chi connectivity index (χ0n) is 15.1. The summed E-state index contributed by atoms with van der Waals surface area (Å²) in [5.74, 6) is 0.878. The topological polar surface area (TPSA) is 88.7 Å². The second-order valence-corrected chi connectivity index (χ2v) is 5.26. The molecule has 0 fully saturated rings. The van der Waals surface area contributed by atoms with Crippen molar-refractivity contribution < 1.29 is 19.1 Å². The Bertz CT molecular complexity index is 760. The van der Waals surface area contributed by atoms with E-state index in [4.69, 9.17) is 9.47 Å². The Morgan fingerprint density at radius 1 is 0.846 bits per heavy atom. The van der Waals surface area contributed by atoms with Crippen molar-refractivity contribution in [3.8, 4) is 11.5 Å². The van der Waals surface area contributed by atoms with Gasteiger partial charge in [-0.15, -0.1) is 0 Å². The zero-order valence-corrected chi connectivity index (χ0v) is 15.1. The van der Waals surface area contributed by atoms with E-state index in [0.29, 0.717) is 41.7 Å². The molecular weight excluding hydrogens is 334 g/mol. The van der Waals surface area contributed by atoms with Crippen molar-refractivity contribution in [2.24, 2.45) is 0 Å². The number of ether oxygens (including phenoxy) is 2. The van der Waals surface area contributed by atoms with E-state index in [1.807, 2.05) is 13.8 Å². The van der Waals surface area contributed by atoms with Gasteiger partial charge in [0.15, 0.2) is 11.5 Å². The van der Waals surface area contributed by atoms with Gasteiger partial charge in [-0.25, -0.2) is 4.79 Å². The van der Waals surface area contributed by atoms with Crippen LogP contribution in [0.15, 0.2) is 42.5 Å². The molecule has 2 aromatic rings. The third-order valence-corrected chi connectivity index (χ3v) is 3.43. The van der Waals surface area contributed by atoms with Gasteiger partial charge in [-0.2, -0.15) is 0 Å². The summed E-state index contributed by atoms with van der Waals surface area (Å²) in [4.78, 5) is 23.7. The van der Waals surface area contributed by atoms with E-state index in [1.54, 1.807) is 42.5 Å². The van der Waals surface area contributed by atoms with Crippen LogP contribution in [0.2, 0.25) is 0 Å². The largest absolute Gasteiger partial charge is 0.490 e. The first-order valence-electron chi connectivity index (χ1n) is 8.37. The fourth-order valence-electron chi connectivity index (χ4n) is 2.23. The van der Waals surface area contributed by atoms with E-state index < -0.39 is 0 Å². The molecule has 138 valence electrons. The number of carbonyl (C=O) groups is 2. The van der Waals surface area contributed by atoms with E-state index in [1.165, 1.54) is 7.05 Å². The number of anilines is 2. The van der Waals surface area contributed by atoms with E-state index in [-0.39, 0.29) is 11.9 Å². The van der Waals surface area contributed by atoms with E-state index in [0.717, 1.165) is 0 Å². The highest BCUT2D eigenvalue weighted by Crippen LogP contribution is 2.29. The fourth-order valence-corrected chi connectivity index (χ4v) is 2.23. The molecule has 0 saturated carbocycles. The summed E-state index contributed by atoms with van der Waals surface area (Å²) < 4.78 is 11.0. The van der Waals surface area contributed by atoms with Crippen molar-refractivity contribution in [2.45, 2.75) is 13.8 Å². The summed E-state index contributed by atoms with van der Waals surface area (Å²) in [6.07, 6.45) is 0. The Labute approximate surface area is 152 Å². The first kappa shape index (κ1) is 19.1. The highest BCUT2D eigenvalue weighted by molar-refractivity contribution is 6.04. The number of amides is 3. The summed E-state index contributed by atoms with van der Waals surface area (Å²) in [6, 6.07) is 11.6. The second-order valence-electron chi connectivity index (χ2n) is 5.26. The van der Waals surface area contributed by atoms with Crippen LogP contribution in [0, 0.1) is 0 Å². The van der Waals surface area contributed by atoms with Gasteiger partial charge in [0, 0.05) is 24.0 Å². The quantitative estimate of drug-likeness (QED) is 0.708. The maximum absolute atomic E-state index is 12.5. The minimum Gasteiger partial charge on any atom is -0.490 e. The first-order chi connectivity index (χ1) is 12.6. The summed E-state index contributed by atoms with van der Waals surface area (Å²) in [7, 11) is 1.54. The Morgan fingerprint density at radius 3 is 2.00 bits per heavy atom. The lowest BCUT2D eigenvalue weighted by molar-refractivity contribution is 0.102. The van der Waals surface area contributed by atoms with E-state index in [9.17, 15) is 9.59 Å². The highest BCUT2D eigenvalue weighted by atomic mass is 16.5. The molecule has 3 N–H and O–H groups in total. The van der Waals surface area contributed by atoms with Crippen molar-refractivity contribution in [3.63, 3.8) is 0 Å². The first-order valence-corrected chi connectivity index (χ1v) is 8.37. The molecular formula is C19H23N3O4. The molecule has 0 aliphatic heterocycles. The van der Waals surface area contributed by atoms with Crippen molar-refractivity contribution in [1.29, 1.82) is 0 Å². The van der Waals surface area contributed by atoms with Crippen LogP contribution in [0.5, 0.6) is 11.5 Å². The van der Waals surface area contributed by atoms with E-state index >= 15 is 0 Å². The molecule has 0 radical (unpaired) electrons. The summed E-state index contributed by atoms with van der Waals surface area (Å²) in [5.41, 5.74) is 1.70. The third kappa shape index (κ3) is 5.14. The van der Waals surface area contributed by atoms with Crippen LogP contribution in [0.4, 0.5) is 16.2 Å². The van der Waals surface area contributed by atoms with Gasteiger partial charge in [0.05, 0.1) is 13.2 Å². The molecule has 0 heterocycles. The summed E-state index contributed by atoms with van der Waals surface area (Å²) in [6.45, 7) is 4.75. The van der Waals surface area contributed by atoms with Crippen LogP contribution in [0.25, 0.3) is 0 Å². The molecule has 0 spiro atoms. The van der Waals surface area contributed by atoms with Gasteiger partial charge in [0.25, 0.3) is 5.91 Å². The van der Waals surface area contributed by atoms with Crippen LogP contribution < -0.4 is 25.4 Å². The number of benzene rings is 2. The number of hydrogen-bond donors (Lipinski definition) is 3. The molecule has 7 heteroatoms. The van der Waals surface area contributed by atoms with Crippen molar-refractivity contribution >= 4 is 23.3 Å². The summed E-state index contributed by atoms with van der Waals surface area (Å²) >= 11 is 0. The lowest BCUT2D eigenvalue weighted by atomic mass is 10.1. The molecule has 0 unspecified atom stereocenters. The molecule has 7 nitrogen and oxygen atoms in total. The third-order valence-electron chi connectivity index (χ3n) is 3.43. The van der Waals surface area contributed by atoms with Crippen LogP contribution in [-0.2, 0) is 0 Å². The predicted octanol–water partition coefficient (Wildman–Crippen LogP) is 3.49. The summed E-state index contributed by atoms with van der Waals surface area (Å²) in [5, 5.41) is 7.93. The molecule has 0 atom stereocenters. The van der Waals surface area contributed by atoms with Crippen molar-refractivity contribution in [1.82, 2.24) is 5.32 Å². The monoisotopic (exact) mass is 357 g/mol. The van der Waals surface area contributed by atoms with E-state index in [2.05, 4.69) is 16.0 Å². The number of rotatable bonds is 7. The van der Waals surface area contributed by atoms with Crippen molar-refractivity contribution in [2.75, 3.05) is 30.9 Å². The molecule has 0 aliphatic rings. The van der Waals surface area contributed by atoms with Gasteiger partial charge in [0.1, 0.15) is 0 Å². The van der Waals surface area contributed by atoms with Gasteiger partial charge in [-0.3, -0.25) is 4.79 Å². The van der Waals surface area contributed by atoms with Gasteiger partial charge >= 0.3 is 6.03 Å². The highest BCUT2D eigenvalue weighted by Gasteiger charge is 2.12. The number of nitrogens with one attached hydrogen (secondary N) is 3. The van der Waals surface area contributed by atoms with Gasteiger partial charge < -0.3 is 25.4 Å². The molecule has 0 bridgehead atoms. The standard InChI is InChI=1S/C19H23N3O4/c1-4-25-16-11-6-13(12-17(16)26-5-2)18(23)21-14-7-9-15(10-8-14)22-19(24)20-3/h6-12H,4-5H2,1-3H3,(H,21,23)(H2,20,22,24). The Balaban J connectivity index is 2.09. The number of hydrogen-bond acceptors (Lipinski definition) is 4. The van der Waals surface area contributed by atoms with Gasteiger partial charge in [0.2, 0.25) is 0 Å². The fraction of sp³-hybridized carbons (Fsp3) is 0.263. The molecule has 2 aromatic carbocycles. The van der Waals surface area contributed by atoms with Crippen LogP contribution in [0.3, 0.4) is 0 Å².